The van der Waals surface area contributed by atoms with Crippen LogP contribution in [0, 0.1) is 0 Å². The molecule has 0 radical (unpaired) electrons. The number of aliphatic hydroxyl groups is 1. The lowest BCUT2D eigenvalue weighted by Gasteiger charge is -2.15. The summed E-state index contributed by atoms with van der Waals surface area (Å²) in [6.45, 7) is 3.73. The summed E-state index contributed by atoms with van der Waals surface area (Å²) >= 11 is 0. The van der Waals surface area contributed by atoms with Gasteiger partial charge in [0.25, 0.3) is 0 Å². The van der Waals surface area contributed by atoms with Crippen LogP contribution in [0.3, 0.4) is 0 Å². The van der Waals surface area contributed by atoms with E-state index in [0.29, 0.717) is 0 Å². The molecular weight excluding hydrogens is 252 g/mol. The van der Waals surface area contributed by atoms with Gasteiger partial charge >= 0.3 is 0 Å². The molecule has 0 aliphatic heterocycles. The minimum absolute atomic E-state index is 0.0756. The first-order valence-electron chi connectivity index (χ1n) is 5.67. The average molecular weight is 268 g/mol. The highest BCUT2D eigenvalue weighted by molar-refractivity contribution is 6.07. The Morgan fingerprint density at radius 1 is 1.21 bits per heavy atom. The van der Waals surface area contributed by atoms with Gasteiger partial charge in [-0.25, -0.2) is 0 Å². The summed E-state index contributed by atoms with van der Waals surface area (Å²) in [6.07, 6.45) is -0.781. The van der Waals surface area contributed by atoms with Gasteiger partial charge < -0.3 is 20.1 Å². The van der Waals surface area contributed by atoms with E-state index in [1.165, 1.54) is 13.8 Å². The van der Waals surface area contributed by atoms with Crippen LogP contribution in [0.2, 0.25) is 0 Å². The molecule has 19 heavy (non-hydrogen) atoms. The molecule has 104 valence electrons. The third-order valence-electron chi connectivity index (χ3n) is 2.43. The summed E-state index contributed by atoms with van der Waals surface area (Å²) in [4.78, 5) is 22.8. The molecule has 6 nitrogen and oxygen atoms in total. The smallest absolute Gasteiger partial charge is 0.167 e. The Kier molecular flexibility index (Phi) is 4.50. The van der Waals surface area contributed by atoms with Crippen LogP contribution in [0.15, 0.2) is 6.07 Å². The van der Waals surface area contributed by atoms with E-state index in [4.69, 9.17) is 9.84 Å². The summed E-state index contributed by atoms with van der Waals surface area (Å²) in [6, 6.07) is 1.08. The number of phenols is 2. The van der Waals surface area contributed by atoms with Crippen LogP contribution in [0.4, 0.5) is 0 Å². The van der Waals surface area contributed by atoms with E-state index in [1.807, 2.05) is 0 Å². The van der Waals surface area contributed by atoms with Crippen molar-refractivity contribution in [2.75, 3.05) is 6.61 Å². The summed E-state index contributed by atoms with van der Waals surface area (Å²) < 4.78 is 5.15. The fraction of sp³-hybridized carbons (Fsp3) is 0.385. The number of hydrogen-bond donors (Lipinski definition) is 3. The Hall–Kier alpha value is -2.08. The number of rotatable bonds is 5. The number of carbonyl (C=O) groups excluding carboxylic acids is 2. The van der Waals surface area contributed by atoms with Crippen LogP contribution in [-0.4, -0.2) is 39.6 Å². The molecule has 0 aromatic heterocycles. The minimum Gasteiger partial charge on any atom is -0.507 e. The van der Waals surface area contributed by atoms with Crippen LogP contribution >= 0.6 is 0 Å². The van der Waals surface area contributed by atoms with E-state index in [-0.39, 0.29) is 23.5 Å². The average Bonchev–Trinajstić information content (AvgIpc) is 2.24. The number of ether oxygens (including phenoxy) is 1. The summed E-state index contributed by atoms with van der Waals surface area (Å²) in [5.74, 6) is -2.25. The highest BCUT2D eigenvalue weighted by Crippen LogP contribution is 2.38. The van der Waals surface area contributed by atoms with Crippen molar-refractivity contribution in [1.29, 1.82) is 0 Å². The van der Waals surface area contributed by atoms with Gasteiger partial charge in [-0.1, -0.05) is 0 Å². The zero-order valence-electron chi connectivity index (χ0n) is 10.9. The number of ketones is 2. The predicted molar refractivity (Wildman–Crippen MR) is 67.0 cm³/mol. The van der Waals surface area contributed by atoms with Crippen molar-refractivity contribution in [3.8, 4) is 17.2 Å². The first-order valence-corrected chi connectivity index (χ1v) is 5.67. The number of benzene rings is 1. The lowest BCUT2D eigenvalue weighted by atomic mass is 10.0. The second-order valence-corrected chi connectivity index (χ2v) is 4.26. The van der Waals surface area contributed by atoms with Crippen LogP contribution in [0.1, 0.15) is 41.5 Å². The summed E-state index contributed by atoms with van der Waals surface area (Å²) in [7, 11) is 0. The van der Waals surface area contributed by atoms with Gasteiger partial charge in [0.05, 0.1) is 6.10 Å². The third-order valence-corrected chi connectivity index (χ3v) is 2.43. The first-order chi connectivity index (χ1) is 8.75. The lowest BCUT2D eigenvalue weighted by molar-refractivity contribution is 0.0990. The van der Waals surface area contributed by atoms with E-state index in [1.54, 1.807) is 0 Å². The highest BCUT2D eigenvalue weighted by Gasteiger charge is 2.24. The van der Waals surface area contributed by atoms with Crippen LogP contribution in [0.5, 0.6) is 17.2 Å². The number of Topliss-reactive ketones (excluding diaryl/α,β-unsaturated/α-hetero) is 2. The quantitative estimate of drug-likeness (QED) is 0.694. The van der Waals surface area contributed by atoms with Gasteiger partial charge in [0.15, 0.2) is 11.6 Å². The van der Waals surface area contributed by atoms with E-state index in [0.717, 1.165) is 13.0 Å². The van der Waals surface area contributed by atoms with E-state index >= 15 is 0 Å². The van der Waals surface area contributed by atoms with Crippen LogP contribution < -0.4 is 4.74 Å². The van der Waals surface area contributed by atoms with E-state index in [2.05, 4.69) is 0 Å². The zero-order valence-corrected chi connectivity index (χ0v) is 10.9. The van der Waals surface area contributed by atoms with E-state index < -0.39 is 29.2 Å². The maximum atomic E-state index is 11.5. The minimum atomic E-state index is -0.781. The highest BCUT2D eigenvalue weighted by atomic mass is 16.5. The van der Waals surface area contributed by atoms with Gasteiger partial charge in [0.2, 0.25) is 0 Å². The van der Waals surface area contributed by atoms with Crippen molar-refractivity contribution < 1.29 is 29.6 Å². The second-order valence-electron chi connectivity index (χ2n) is 4.26. The van der Waals surface area contributed by atoms with Crippen molar-refractivity contribution in [2.45, 2.75) is 26.9 Å². The molecule has 0 heterocycles. The van der Waals surface area contributed by atoms with E-state index in [9.17, 15) is 19.8 Å². The van der Waals surface area contributed by atoms with Gasteiger partial charge in [0.1, 0.15) is 35.0 Å². The molecule has 0 amide bonds. The molecule has 0 aliphatic carbocycles. The number of aromatic hydroxyl groups is 2. The molecule has 0 fully saturated rings. The summed E-state index contributed by atoms with van der Waals surface area (Å²) in [5.41, 5.74) is -0.516. The lowest BCUT2D eigenvalue weighted by Crippen LogP contribution is -2.15. The van der Waals surface area contributed by atoms with Crippen molar-refractivity contribution >= 4 is 11.6 Å². The third kappa shape index (κ3) is 3.23. The molecule has 0 bridgehead atoms. The molecule has 6 heteroatoms. The SMILES string of the molecule is CC(=O)c1c(O)cc(OCC(C)O)c(C(C)=O)c1O. The van der Waals surface area contributed by atoms with Crippen LogP contribution in [-0.2, 0) is 0 Å². The summed E-state index contributed by atoms with van der Waals surface area (Å²) in [5, 5.41) is 28.7. The predicted octanol–water partition coefficient (Wildman–Crippen LogP) is 1.26. The molecule has 1 aromatic carbocycles. The molecule has 1 aromatic rings. The van der Waals surface area contributed by atoms with Crippen molar-refractivity contribution in [3.05, 3.63) is 17.2 Å². The fourth-order valence-corrected chi connectivity index (χ4v) is 1.64. The maximum absolute atomic E-state index is 11.5. The Balaban J connectivity index is 3.40. The Morgan fingerprint density at radius 3 is 2.16 bits per heavy atom. The van der Waals surface area contributed by atoms with Crippen LogP contribution in [0.25, 0.3) is 0 Å². The van der Waals surface area contributed by atoms with Gasteiger partial charge in [-0.2, -0.15) is 0 Å². The normalized spacial score (nSPS) is 12.0. The molecule has 3 N–H and O–H groups in total. The molecular formula is C13H16O6. The molecule has 0 spiro atoms. The molecule has 1 atom stereocenters. The number of carbonyl (C=O) groups is 2. The molecule has 1 unspecified atom stereocenters. The van der Waals surface area contributed by atoms with Gasteiger partial charge in [0, 0.05) is 6.07 Å². The van der Waals surface area contributed by atoms with Gasteiger partial charge in [-0.05, 0) is 20.8 Å². The number of aliphatic hydroxyl groups excluding tert-OH is 1. The molecule has 0 aliphatic rings. The van der Waals surface area contributed by atoms with Crippen molar-refractivity contribution in [2.24, 2.45) is 0 Å². The maximum Gasteiger partial charge on any atom is 0.167 e. The van der Waals surface area contributed by atoms with Gasteiger partial charge in [-0.3, -0.25) is 9.59 Å². The fourth-order valence-electron chi connectivity index (χ4n) is 1.64. The second kappa shape index (κ2) is 5.71. The first kappa shape index (κ1) is 15.0. The monoisotopic (exact) mass is 268 g/mol. The van der Waals surface area contributed by atoms with Crippen molar-refractivity contribution in [3.63, 3.8) is 0 Å². The topological polar surface area (TPSA) is 104 Å². The molecule has 0 saturated heterocycles. The number of hydrogen-bond acceptors (Lipinski definition) is 6. The Bertz CT molecular complexity index is 518. The molecule has 0 saturated carbocycles. The number of phenolic OH excluding ortho intramolecular Hbond substituents is 2. The largest absolute Gasteiger partial charge is 0.507 e. The Morgan fingerprint density at radius 2 is 1.74 bits per heavy atom. The van der Waals surface area contributed by atoms with Gasteiger partial charge in [-0.15, -0.1) is 0 Å². The standard InChI is InChI=1S/C13H16O6/c1-6(14)5-19-10-4-9(17)11(7(2)15)13(18)12(10)8(3)16/h4,6,14,17-18H,5H2,1-3H3. The zero-order chi connectivity index (χ0) is 14.7. The molecule has 1 rings (SSSR count). The van der Waals surface area contributed by atoms with Crippen molar-refractivity contribution in [1.82, 2.24) is 0 Å². The Labute approximate surface area is 110 Å².